The Labute approximate surface area is 89.6 Å². The van der Waals surface area contributed by atoms with Crippen molar-refractivity contribution in [2.24, 2.45) is 5.92 Å². The maximum atomic E-state index is 12.0. The standard InChI is InChI=1S/C10H18N4O/c1-6(2)7(3)14(4)10(15)8-5-12-13-9(8)11/h5-7H,1-4H3,(H3,11,12,13). The summed E-state index contributed by atoms with van der Waals surface area (Å²) < 4.78 is 0. The number of nitrogens with one attached hydrogen (secondary N) is 1. The lowest BCUT2D eigenvalue weighted by molar-refractivity contribution is 0.0708. The van der Waals surface area contributed by atoms with Crippen LogP contribution >= 0.6 is 0 Å². The molecule has 0 aromatic carbocycles. The number of nitrogen functional groups attached to an aromatic ring is 1. The van der Waals surface area contributed by atoms with E-state index in [2.05, 4.69) is 24.0 Å². The van der Waals surface area contributed by atoms with Crippen LogP contribution in [0.25, 0.3) is 0 Å². The quantitative estimate of drug-likeness (QED) is 0.784. The molecular weight excluding hydrogens is 192 g/mol. The molecule has 0 aliphatic heterocycles. The number of nitrogens with zero attached hydrogens (tertiary/aromatic N) is 2. The van der Waals surface area contributed by atoms with Crippen molar-refractivity contribution < 1.29 is 4.79 Å². The third-order valence-corrected chi connectivity index (χ3v) is 2.80. The molecule has 0 aliphatic rings. The summed E-state index contributed by atoms with van der Waals surface area (Å²) in [6.07, 6.45) is 1.46. The predicted molar refractivity (Wildman–Crippen MR) is 59.4 cm³/mol. The van der Waals surface area contributed by atoms with E-state index in [9.17, 15) is 4.79 Å². The number of carbonyl (C=O) groups is 1. The third kappa shape index (κ3) is 2.29. The van der Waals surface area contributed by atoms with Gasteiger partial charge in [-0.1, -0.05) is 13.8 Å². The summed E-state index contributed by atoms with van der Waals surface area (Å²) in [6.45, 7) is 6.17. The fourth-order valence-electron chi connectivity index (χ4n) is 1.29. The molecular formula is C10H18N4O. The van der Waals surface area contributed by atoms with Crippen LogP contribution in [0.15, 0.2) is 6.20 Å². The van der Waals surface area contributed by atoms with Gasteiger partial charge in [0.05, 0.1) is 6.20 Å². The normalized spacial score (nSPS) is 12.9. The summed E-state index contributed by atoms with van der Waals surface area (Å²) in [5.74, 6) is 0.636. The number of nitrogens with two attached hydrogens (primary N) is 1. The van der Waals surface area contributed by atoms with Gasteiger partial charge in [0.15, 0.2) is 0 Å². The molecule has 1 atom stereocenters. The molecule has 0 bridgehead atoms. The molecule has 1 amide bonds. The zero-order chi connectivity index (χ0) is 11.6. The lowest BCUT2D eigenvalue weighted by Gasteiger charge is -2.27. The molecule has 0 aliphatic carbocycles. The highest BCUT2D eigenvalue weighted by molar-refractivity contribution is 5.98. The summed E-state index contributed by atoms with van der Waals surface area (Å²) >= 11 is 0. The van der Waals surface area contributed by atoms with Crippen molar-refractivity contribution in [2.45, 2.75) is 26.8 Å². The van der Waals surface area contributed by atoms with Crippen molar-refractivity contribution in [3.8, 4) is 0 Å². The molecule has 5 heteroatoms. The molecule has 84 valence electrons. The first-order chi connectivity index (χ1) is 6.95. The van der Waals surface area contributed by atoms with Gasteiger partial charge in [0.25, 0.3) is 5.91 Å². The first-order valence-electron chi connectivity index (χ1n) is 5.01. The minimum absolute atomic E-state index is 0.0950. The second-order valence-electron chi connectivity index (χ2n) is 4.10. The zero-order valence-electron chi connectivity index (χ0n) is 9.61. The third-order valence-electron chi connectivity index (χ3n) is 2.80. The Kier molecular flexibility index (Phi) is 3.34. The molecule has 0 saturated heterocycles. The molecule has 1 heterocycles. The van der Waals surface area contributed by atoms with E-state index in [1.54, 1.807) is 11.9 Å². The van der Waals surface area contributed by atoms with Crippen LogP contribution in [0, 0.1) is 5.92 Å². The summed E-state index contributed by atoms with van der Waals surface area (Å²) in [7, 11) is 1.78. The Morgan fingerprint density at radius 2 is 2.13 bits per heavy atom. The second-order valence-corrected chi connectivity index (χ2v) is 4.10. The molecule has 0 spiro atoms. The first-order valence-corrected chi connectivity index (χ1v) is 5.01. The molecule has 3 N–H and O–H groups in total. The minimum atomic E-state index is -0.0950. The van der Waals surface area contributed by atoms with Gasteiger partial charge in [-0.2, -0.15) is 5.10 Å². The molecule has 5 nitrogen and oxygen atoms in total. The number of rotatable bonds is 3. The number of aromatic amines is 1. The monoisotopic (exact) mass is 210 g/mol. The predicted octanol–water partition coefficient (Wildman–Crippen LogP) is 1.11. The summed E-state index contributed by atoms with van der Waals surface area (Å²) in [5, 5.41) is 6.28. The maximum Gasteiger partial charge on any atom is 0.259 e. The van der Waals surface area contributed by atoms with Crippen molar-refractivity contribution in [2.75, 3.05) is 12.8 Å². The average molecular weight is 210 g/mol. The molecule has 1 aromatic heterocycles. The minimum Gasteiger partial charge on any atom is -0.383 e. The Morgan fingerprint density at radius 1 is 1.53 bits per heavy atom. The molecule has 1 unspecified atom stereocenters. The van der Waals surface area contributed by atoms with Crippen LogP contribution in [0.3, 0.4) is 0 Å². The topological polar surface area (TPSA) is 75.0 Å². The van der Waals surface area contributed by atoms with Gasteiger partial charge >= 0.3 is 0 Å². The molecule has 1 aromatic rings. The number of aromatic nitrogens is 2. The van der Waals surface area contributed by atoms with Gasteiger partial charge in [-0.15, -0.1) is 0 Å². The van der Waals surface area contributed by atoms with E-state index in [0.717, 1.165) is 0 Å². The van der Waals surface area contributed by atoms with E-state index in [-0.39, 0.29) is 11.9 Å². The fourth-order valence-corrected chi connectivity index (χ4v) is 1.29. The van der Waals surface area contributed by atoms with Gasteiger partial charge in [-0.25, -0.2) is 0 Å². The molecule has 15 heavy (non-hydrogen) atoms. The summed E-state index contributed by atoms with van der Waals surface area (Å²) in [6, 6.07) is 0.173. The number of hydrogen-bond donors (Lipinski definition) is 2. The van der Waals surface area contributed by atoms with Crippen LogP contribution < -0.4 is 5.73 Å². The Balaban J connectivity index is 2.82. The van der Waals surface area contributed by atoms with Crippen molar-refractivity contribution in [1.29, 1.82) is 0 Å². The lowest BCUT2D eigenvalue weighted by Crippen LogP contribution is -2.38. The number of hydrogen-bond acceptors (Lipinski definition) is 3. The Hall–Kier alpha value is -1.52. The maximum absolute atomic E-state index is 12.0. The molecule has 0 radical (unpaired) electrons. The van der Waals surface area contributed by atoms with Crippen LogP contribution in [0.1, 0.15) is 31.1 Å². The largest absolute Gasteiger partial charge is 0.383 e. The van der Waals surface area contributed by atoms with Gasteiger partial charge in [0.2, 0.25) is 0 Å². The number of amides is 1. The van der Waals surface area contributed by atoms with E-state index < -0.39 is 0 Å². The van der Waals surface area contributed by atoms with Crippen molar-refractivity contribution in [3.63, 3.8) is 0 Å². The number of carbonyl (C=O) groups excluding carboxylic acids is 1. The zero-order valence-corrected chi connectivity index (χ0v) is 9.61. The highest BCUT2D eigenvalue weighted by atomic mass is 16.2. The van der Waals surface area contributed by atoms with Crippen molar-refractivity contribution in [1.82, 2.24) is 15.1 Å². The van der Waals surface area contributed by atoms with Gasteiger partial charge in [-0.05, 0) is 12.8 Å². The Bertz CT molecular complexity index is 345. The molecule has 0 saturated carbocycles. The van der Waals surface area contributed by atoms with E-state index in [4.69, 9.17) is 5.73 Å². The van der Waals surface area contributed by atoms with Crippen LogP contribution in [-0.4, -0.2) is 34.1 Å². The van der Waals surface area contributed by atoms with Crippen molar-refractivity contribution in [3.05, 3.63) is 11.8 Å². The summed E-state index contributed by atoms with van der Waals surface area (Å²) in [5.41, 5.74) is 6.03. The van der Waals surface area contributed by atoms with E-state index >= 15 is 0 Å². The number of H-pyrrole nitrogens is 1. The first kappa shape index (κ1) is 11.6. The smallest absolute Gasteiger partial charge is 0.259 e. The van der Waals surface area contributed by atoms with Gasteiger partial charge in [0.1, 0.15) is 11.4 Å². The fraction of sp³-hybridized carbons (Fsp3) is 0.600. The molecule has 0 fully saturated rings. The van der Waals surface area contributed by atoms with Gasteiger partial charge in [0, 0.05) is 13.1 Å². The molecule has 1 rings (SSSR count). The lowest BCUT2D eigenvalue weighted by atomic mass is 10.0. The Morgan fingerprint density at radius 3 is 2.53 bits per heavy atom. The van der Waals surface area contributed by atoms with Crippen LogP contribution in [0.4, 0.5) is 5.82 Å². The summed E-state index contributed by atoms with van der Waals surface area (Å²) in [4.78, 5) is 13.6. The highest BCUT2D eigenvalue weighted by Gasteiger charge is 2.22. The van der Waals surface area contributed by atoms with Crippen LogP contribution in [0.2, 0.25) is 0 Å². The van der Waals surface area contributed by atoms with E-state index in [1.807, 2.05) is 6.92 Å². The van der Waals surface area contributed by atoms with Gasteiger partial charge < -0.3 is 10.6 Å². The van der Waals surface area contributed by atoms with Crippen molar-refractivity contribution >= 4 is 11.7 Å². The SMILES string of the molecule is CC(C)C(C)N(C)C(=O)c1cn[nH]c1N. The highest BCUT2D eigenvalue weighted by Crippen LogP contribution is 2.14. The second kappa shape index (κ2) is 4.33. The van der Waals surface area contributed by atoms with Crippen LogP contribution in [-0.2, 0) is 0 Å². The van der Waals surface area contributed by atoms with Gasteiger partial charge in [-0.3, -0.25) is 9.89 Å². The van der Waals surface area contributed by atoms with E-state index in [1.165, 1.54) is 6.20 Å². The number of anilines is 1. The van der Waals surface area contributed by atoms with Crippen LogP contribution in [0.5, 0.6) is 0 Å². The van der Waals surface area contributed by atoms with E-state index in [0.29, 0.717) is 17.3 Å². The average Bonchev–Trinajstić information content (AvgIpc) is 2.60.